The molecule has 1 fully saturated rings. The second kappa shape index (κ2) is 6.11. The molecule has 0 amide bonds. The van der Waals surface area contributed by atoms with Crippen LogP contribution in [0.4, 0.5) is 10.1 Å². The van der Waals surface area contributed by atoms with E-state index in [1.807, 2.05) is 6.07 Å². The van der Waals surface area contributed by atoms with Gasteiger partial charge in [0.25, 0.3) is 0 Å². The van der Waals surface area contributed by atoms with Crippen LogP contribution in [0.25, 0.3) is 0 Å². The van der Waals surface area contributed by atoms with Gasteiger partial charge in [0.2, 0.25) is 9.84 Å². The number of hydrogen-bond donors (Lipinski definition) is 1. The number of nitrogens with one attached hydrogen (secondary N) is 1. The topological polar surface area (TPSA) is 49.4 Å². The molecule has 2 aromatic rings. The molecule has 4 rings (SSSR count). The summed E-state index contributed by atoms with van der Waals surface area (Å²) in [5.74, 6) is -0.224. The van der Waals surface area contributed by atoms with Crippen molar-refractivity contribution >= 4 is 15.5 Å². The van der Waals surface area contributed by atoms with Crippen LogP contribution in [0.3, 0.4) is 0 Å². The average Bonchev–Trinajstić information content (AvgIpc) is 2.84. The highest BCUT2D eigenvalue weighted by molar-refractivity contribution is 7.91. The Morgan fingerprint density at radius 1 is 1.08 bits per heavy atom. The molecule has 2 aliphatic heterocycles. The van der Waals surface area contributed by atoms with E-state index in [9.17, 15) is 12.8 Å². The van der Waals surface area contributed by atoms with Crippen LogP contribution in [0, 0.1) is 5.82 Å². The first-order chi connectivity index (χ1) is 11.9. The average molecular weight is 360 g/mol. The summed E-state index contributed by atoms with van der Waals surface area (Å²) >= 11 is 0. The van der Waals surface area contributed by atoms with Gasteiger partial charge in [-0.1, -0.05) is 6.07 Å². The highest BCUT2D eigenvalue weighted by Gasteiger charge is 2.34. The van der Waals surface area contributed by atoms with Crippen molar-refractivity contribution in [1.82, 2.24) is 4.90 Å². The van der Waals surface area contributed by atoms with Gasteiger partial charge < -0.3 is 10.2 Å². The lowest BCUT2D eigenvalue weighted by Gasteiger charge is -2.16. The molecule has 2 atom stereocenters. The second-order valence-corrected chi connectivity index (χ2v) is 8.90. The third-order valence-electron chi connectivity index (χ3n) is 5.31. The van der Waals surface area contributed by atoms with Crippen molar-refractivity contribution in [3.8, 4) is 0 Å². The molecule has 0 radical (unpaired) electrons. The predicted octanol–water partition coefficient (Wildman–Crippen LogP) is 3.26. The maximum atomic E-state index is 13.5. The standard InChI is InChI=1S/C19H21FN2O2S/c1-22-9-7-16-17-12-15(5-6-18(17)21-19(16)8-10-22)25(23,24)14-4-2-3-13(20)11-14/h2-6,11-12,16,19,21H,7-10H2,1H3/t16-,19?/m0/s1. The first-order valence-electron chi connectivity index (χ1n) is 8.55. The van der Waals surface area contributed by atoms with Gasteiger partial charge in [0.05, 0.1) is 9.79 Å². The summed E-state index contributed by atoms with van der Waals surface area (Å²) in [6, 6.07) is 10.8. The number of benzene rings is 2. The number of halogens is 1. The maximum absolute atomic E-state index is 13.5. The zero-order valence-electron chi connectivity index (χ0n) is 14.1. The monoisotopic (exact) mass is 360 g/mol. The van der Waals surface area contributed by atoms with Crippen molar-refractivity contribution in [1.29, 1.82) is 0 Å². The van der Waals surface area contributed by atoms with Crippen molar-refractivity contribution < 1.29 is 12.8 Å². The zero-order chi connectivity index (χ0) is 17.6. The molecule has 2 aromatic carbocycles. The van der Waals surface area contributed by atoms with E-state index in [0.717, 1.165) is 43.2 Å². The minimum Gasteiger partial charge on any atom is -0.381 e. The Balaban J connectivity index is 1.73. The molecule has 2 heterocycles. The molecule has 6 heteroatoms. The molecule has 132 valence electrons. The molecule has 0 aliphatic carbocycles. The molecule has 0 aromatic heterocycles. The van der Waals surface area contributed by atoms with Crippen molar-refractivity contribution in [2.24, 2.45) is 0 Å². The number of likely N-dealkylation sites (tertiary alicyclic amines) is 1. The van der Waals surface area contributed by atoms with Crippen molar-refractivity contribution in [2.75, 3.05) is 25.5 Å². The Bertz CT molecular complexity index is 913. The lowest BCUT2D eigenvalue weighted by atomic mass is 9.91. The molecule has 4 nitrogen and oxygen atoms in total. The van der Waals surface area contributed by atoms with Gasteiger partial charge in [-0.25, -0.2) is 12.8 Å². The van der Waals surface area contributed by atoms with Crippen LogP contribution in [0.1, 0.15) is 24.3 Å². The Morgan fingerprint density at radius 3 is 2.64 bits per heavy atom. The fraction of sp³-hybridized carbons (Fsp3) is 0.368. The fourth-order valence-electron chi connectivity index (χ4n) is 3.89. The SMILES string of the molecule is CN1CCC2Nc3ccc(S(=O)(=O)c4cccc(F)c4)cc3[C@@H]2CC1. The van der Waals surface area contributed by atoms with Crippen LogP contribution in [-0.4, -0.2) is 39.5 Å². The first kappa shape index (κ1) is 16.5. The van der Waals surface area contributed by atoms with Crippen LogP contribution in [-0.2, 0) is 9.84 Å². The molecule has 25 heavy (non-hydrogen) atoms. The molecule has 1 N–H and O–H groups in total. The highest BCUT2D eigenvalue weighted by Crippen LogP contribution is 2.42. The molecule has 2 aliphatic rings. The van der Waals surface area contributed by atoms with E-state index in [2.05, 4.69) is 17.3 Å². The smallest absolute Gasteiger partial charge is 0.206 e. The maximum Gasteiger partial charge on any atom is 0.206 e. The lowest BCUT2D eigenvalue weighted by molar-refractivity contribution is 0.346. The van der Waals surface area contributed by atoms with Gasteiger partial charge in [-0.15, -0.1) is 0 Å². The third-order valence-corrected chi connectivity index (χ3v) is 7.06. The van der Waals surface area contributed by atoms with Gasteiger partial charge in [0.15, 0.2) is 0 Å². The van der Waals surface area contributed by atoms with Gasteiger partial charge in [0.1, 0.15) is 5.82 Å². The quantitative estimate of drug-likeness (QED) is 0.893. The van der Waals surface area contributed by atoms with Gasteiger partial charge in [-0.3, -0.25) is 0 Å². The van der Waals surface area contributed by atoms with E-state index in [-0.39, 0.29) is 9.79 Å². The molecular formula is C19H21FN2O2S. The predicted molar refractivity (Wildman–Crippen MR) is 95.2 cm³/mol. The summed E-state index contributed by atoms with van der Waals surface area (Å²) in [5, 5.41) is 3.54. The van der Waals surface area contributed by atoms with Gasteiger partial charge >= 0.3 is 0 Å². The normalized spacial score (nSPS) is 23.4. The summed E-state index contributed by atoms with van der Waals surface area (Å²) in [4.78, 5) is 2.54. The number of nitrogens with zero attached hydrogens (tertiary/aromatic N) is 1. The summed E-state index contributed by atoms with van der Waals surface area (Å²) in [7, 11) is -1.60. The van der Waals surface area contributed by atoms with Crippen molar-refractivity contribution in [2.45, 2.75) is 34.6 Å². The fourth-order valence-corrected chi connectivity index (χ4v) is 5.22. The van der Waals surface area contributed by atoms with Crippen LogP contribution in [0.15, 0.2) is 52.3 Å². The number of rotatable bonds is 2. The summed E-state index contributed by atoms with van der Waals surface area (Å²) in [5.41, 5.74) is 2.09. The van der Waals surface area contributed by atoms with Crippen LogP contribution in [0.2, 0.25) is 0 Å². The summed E-state index contributed by atoms with van der Waals surface area (Å²) in [6.07, 6.45) is 2.05. The summed E-state index contributed by atoms with van der Waals surface area (Å²) in [6.45, 7) is 2.04. The third kappa shape index (κ3) is 2.93. The van der Waals surface area contributed by atoms with E-state index < -0.39 is 15.7 Å². The van der Waals surface area contributed by atoms with E-state index in [4.69, 9.17) is 0 Å². The van der Waals surface area contributed by atoms with E-state index >= 15 is 0 Å². The Labute approximate surface area is 147 Å². The van der Waals surface area contributed by atoms with E-state index in [0.29, 0.717) is 12.0 Å². The van der Waals surface area contributed by atoms with E-state index in [1.165, 1.54) is 18.2 Å². The molecule has 0 saturated carbocycles. The number of anilines is 1. The summed E-state index contributed by atoms with van der Waals surface area (Å²) < 4.78 is 39.2. The number of sulfone groups is 1. The molecule has 1 saturated heterocycles. The minimum absolute atomic E-state index is 0.00411. The lowest BCUT2D eigenvalue weighted by Crippen LogP contribution is -2.22. The largest absolute Gasteiger partial charge is 0.381 e. The van der Waals surface area contributed by atoms with Gasteiger partial charge in [0, 0.05) is 17.6 Å². The van der Waals surface area contributed by atoms with Gasteiger partial charge in [-0.2, -0.15) is 0 Å². The second-order valence-electron chi connectivity index (χ2n) is 6.95. The van der Waals surface area contributed by atoms with Crippen molar-refractivity contribution in [3.05, 3.63) is 53.8 Å². The molecular weight excluding hydrogens is 339 g/mol. The van der Waals surface area contributed by atoms with Crippen LogP contribution >= 0.6 is 0 Å². The van der Waals surface area contributed by atoms with Crippen molar-refractivity contribution in [3.63, 3.8) is 0 Å². The number of hydrogen-bond acceptors (Lipinski definition) is 4. The Hall–Kier alpha value is -1.92. The first-order valence-corrected chi connectivity index (χ1v) is 10.0. The molecule has 0 spiro atoms. The number of fused-ring (bicyclic) bond motifs is 3. The van der Waals surface area contributed by atoms with Crippen LogP contribution < -0.4 is 5.32 Å². The molecule has 0 bridgehead atoms. The van der Waals surface area contributed by atoms with E-state index in [1.54, 1.807) is 12.1 Å². The highest BCUT2D eigenvalue weighted by atomic mass is 32.2. The Kier molecular flexibility index (Phi) is 4.04. The van der Waals surface area contributed by atoms with Gasteiger partial charge in [-0.05, 0) is 74.9 Å². The Morgan fingerprint density at radius 2 is 1.84 bits per heavy atom. The minimum atomic E-state index is -3.72. The van der Waals surface area contributed by atoms with Crippen LogP contribution in [0.5, 0.6) is 0 Å². The molecule has 1 unspecified atom stereocenters. The zero-order valence-corrected chi connectivity index (χ0v) is 14.9.